The maximum absolute atomic E-state index is 11.5. The van der Waals surface area contributed by atoms with Crippen molar-refractivity contribution in [2.75, 3.05) is 19.8 Å². The quantitative estimate of drug-likeness (QED) is 0.137. The van der Waals surface area contributed by atoms with Gasteiger partial charge in [-0.2, -0.15) is 0 Å². The van der Waals surface area contributed by atoms with E-state index in [4.69, 9.17) is 5.11 Å². The first-order valence-corrected chi connectivity index (χ1v) is 6.89. The average molecular weight is 324 g/mol. The summed E-state index contributed by atoms with van der Waals surface area (Å²) in [6, 6.07) is 0. The number of carbonyl (C=O) groups is 1. The number of aliphatic carboxylic acids is 1. The third kappa shape index (κ3) is 16.4. The van der Waals surface area contributed by atoms with Gasteiger partial charge in [-0.1, -0.05) is 12.5 Å². The van der Waals surface area contributed by atoms with Gasteiger partial charge in [0, 0.05) is 6.54 Å². The van der Waals surface area contributed by atoms with Crippen LogP contribution in [0.4, 0.5) is 0 Å². The Hall–Kier alpha value is 0.236. The SMILES string of the molecule is C=CCCCCCC([O-])=NCN(CC(=O)O)CC(C)O.[K+]. The number of unbranched alkanes of at least 4 members (excludes halogenated alkanes) is 3. The summed E-state index contributed by atoms with van der Waals surface area (Å²) < 4.78 is 0. The number of hydrogen-bond acceptors (Lipinski definition) is 5. The van der Waals surface area contributed by atoms with E-state index in [1.54, 1.807) is 6.92 Å². The van der Waals surface area contributed by atoms with Gasteiger partial charge >= 0.3 is 57.4 Å². The molecule has 0 spiro atoms. The summed E-state index contributed by atoms with van der Waals surface area (Å²) >= 11 is 0. The second-order valence-corrected chi connectivity index (χ2v) is 4.84. The first kappa shape index (κ1) is 23.5. The Morgan fingerprint density at radius 2 is 2.10 bits per heavy atom. The molecule has 0 aromatic rings. The Bertz CT molecular complexity index is 322. The fourth-order valence-electron chi connectivity index (χ4n) is 1.74. The summed E-state index contributed by atoms with van der Waals surface area (Å²) in [6.45, 7) is 5.16. The van der Waals surface area contributed by atoms with Crippen molar-refractivity contribution >= 4 is 11.9 Å². The summed E-state index contributed by atoms with van der Waals surface area (Å²) in [5.74, 6) is -1.22. The zero-order valence-corrected chi connectivity index (χ0v) is 16.2. The fraction of sp³-hybridized carbons (Fsp3) is 0.714. The molecule has 0 aliphatic rings. The second kappa shape index (κ2) is 15.1. The third-order valence-electron chi connectivity index (χ3n) is 2.63. The van der Waals surface area contributed by atoms with Crippen LogP contribution in [0.15, 0.2) is 17.6 Å². The molecule has 116 valence electrons. The monoisotopic (exact) mass is 324 g/mol. The first-order chi connectivity index (χ1) is 9.45. The fourth-order valence-corrected chi connectivity index (χ4v) is 1.74. The van der Waals surface area contributed by atoms with Crippen molar-refractivity contribution in [2.45, 2.75) is 45.1 Å². The zero-order chi connectivity index (χ0) is 15.4. The summed E-state index contributed by atoms with van der Waals surface area (Å²) in [5, 5.41) is 29.5. The van der Waals surface area contributed by atoms with Gasteiger partial charge in [-0.15, -0.1) is 6.58 Å². The molecule has 0 amide bonds. The van der Waals surface area contributed by atoms with E-state index < -0.39 is 12.1 Å². The van der Waals surface area contributed by atoms with Crippen LogP contribution < -0.4 is 56.5 Å². The van der Waals surface area contributed by atoms with Crippen LogP contribution in [0.3, 0.4) is 0 Å². The molecule has 0 saturated carbocycles. The summed E-state index contributed by atoms with van der Waals surface area (Å²) in [5.41, 5.74) is 0. The van der Waals surface area contributed by atoms with Crippen molar-refractivity contribution in [3.8, 4) is 0 Å². The van der Waals surface area contributed by atoms with E-state index in [9.17, 15) is 15.0 Å². The van der Waals surface area contributed by atoms with Crippen LogP contribution in [-0.2, 0) is 4.79 Å². The van der Waals surface area contributed by atoms with E-state index >= 15 is 0 Å². The minimum Gasteiger partial charge on any atom is -0.862 e. The van der Waals surface area contributed by atoms with Crippen LogP contribution in [0, 0.1) is 0 Å². The largest absolute Gasteiger partial charge is 1.00 e. The van der Waals surface area contributed by atoms with E-state index in [0.29, 0.717) is 6.42 Å². The van der Waals surface area contributed by atoms with Crippen LogP contribution >= 0.6 is 0 Å². The molecule has 0 aliphatic carbocycles. The van der Waals surface area contributed by atoms with Gasteiger partial charge in [-0.25, -0.2) is 0 Å². The van der Waals surface area contributed by atoms with E-state index in [0.717, 1.165) is 25.7 Å². The number of carboxylic acids is 1. The van der Waals surface area contributed by atoms with Crippen molar-refractivity contribution in [3.63, 3.8) is 0 Å². The molecule has 6 nitrogen and oxygen atoms in total. The standard InChI is InChI=1S/C14H26N2O4.K/c1-3-4-5-6-7-8-13(18)15-11-16(9-12(2)17)10-14(19)20;/h3,12,17H,1,4-11H2,2H3,(H,15,18)(H,19,20);/q;+1/p-1. The molecule has 1 atom stereocenters. The molecule has 0 saturated heterocycles. The van der Waals surface area contributed by atoms with Gasteiger partial charge in [0.05, 0.1) is 19.3 Å². The molecule has 0 aromatic carbocycles. The Kier molecular flexibility index (Phi) is 16.9. The smallest absolute Gasteiger partial charge is 0.862 e. The molecule has 0 rings (SSSR count). The molecule has 0 bridgehead atoms. The van der Waals surface area contributed by atoms with Gasteiger partial charge in [-0.3, -0.25) is 14.7 Å². The van der Waals surface area contributed by atoms with Gasteiger partial charge in [0.1, 0.15) is 0 Å². The number of carboxylic acid groups (broad SMARTS) is 1. The van der Waals surface area contributed by atoms with E-state index in [2.05, 4.69) is 11.6 Å². The number of allylic oxidation sites excluding steroid dienone is 1. The third-order valence-corrected chi connectivity index (χ3v) is 2.63. The minimum absolute atomic E-state index is 0. The first-order valence-electron chi connectivity index (χ1n) is 6.89. The van der Waals surface area contributed by atoms with E-state index in [1.165, 1.54) is 4.90 Å². The van der Waals surface area contributed by atoms with E-state index in [-0.39, 0.29) is 77.0 Å². The molecule has 0 fully saturated rings. The Morgan fingerprint density at radius 3 is 2.62 bits per heavy atom. The zero-order valence-electron chi connectivity index (χ0n) is 13.1. The Morgan fingerprint density at radius 1 is 1.43 bits per heavy atom. The number of rotatable bonds is 12. The molecule has 21 heavy (non-hydrogen) atoms. The average Bonchev–Trinajstić information content (AvgIpc) is 2.34. The molecule has 1 unspecified atom stereocenters. The van der Waals surface area contributed by atoms with Crippen molar-refractivity contribution < 1.29 is 71.5 Å². The van der Waals surface area contributed by atoms with Crippen molar-refractivity contribution in [1.29, 1.82) is 0 Å². The number of aliphatic imine (C=N–C) groups is 1. The van der Waals surface area contributed by atoms with Crippen molar-refractivity contribution in [3.05, 3.63) is 12.7 Å². The Labute approximate surface area is 169 Å². The molecule has 0 aliphatic heterocycles. The Balaban J connectivity index is 0. The maximum atomic E-state index is 11.5. The number of hydrogen-bond donors (Lipinski definition) is 2. The molecule has 0 aromatic heterocycles. The predicted octanol–water partition coefficient (Wildman–Crippen LogP) is -2.39. The van der Waals surface area contributed by atoms with Gasteiger partial charge in [-0.05, 0) is 38.5 Å². The van der Waals surface area contributed by atoms with Gasteiger partial charge in [0.15, 0.2) is 0 Å². The second-order valence-electron chi connectivity index (χ2n) is 4.84. The summed E-state index contributed by atoms with van der Waals surface area (Å²) in [6.07, 6.45) is 5.29. The van der Waals surface area contributed by atoms with Gasteiger partial charge in [0.25, 0.3) is 0 Å². The minimum atomic E-state index is -1.00. The molecular formula is C14H25KN2O4. The molecule has 0 heterocycles. The number of aliphatic hydroxyl groups excluding tert-OH is 1. The van der Waals surface area contributed by atoms with Crippen LogP contribution in [0.25, 0.3) is 0 Å². The molecular weight excluding hydrogens is 299 g/mol. The van der Waals surface area contributed by atoms with Gasteiger partial charge < -0.3 is 15.3 Å². The topological polar surface area (TPSA) is 96.2 Å². The normalized spacial score (nSPS) is 12.8. The van der Waals surface area contributed by atoms with Crippen molar-refractivity contribution in [2.24, 2.45) is 4.99 Å². The molecule has 0 radical (unpaired) electrons. The van der Waals surface area contributed by atoms with Gasteiger partial charge in [0.2, 0.25) is 0 Å². The molecule has 7 heteroatoms. The number of aliphatic hydroxyl groups is 1. The molecule has 2 N–H and O–H groups in total. The van der Waals surface area contributed by atoms with E-state index in [1.807, 2.05) is 6.08 Å². The number of nitrogens with zero attached hydrogens (tertiary/aromatic N) is 2. The maximum Gasteiger partial charge on any atom is 1.00 e. The summed E-state index contributed by atoms with van der Waals surface area (Å²) in [7, 11) is 0. The predicted molar refractivity (Wildman–Crippen MR) is 76.5 cm³/mol. The van der Waals surface area contributed by atoms with Crippen LogP contribution in [0.1, 0.15) is 39.0 Å². The summed E-state index contributed by atoms with van der Waals surface area (Å²) in [4.78, 5) is 15.9. The van der Waals surface area contributed by atoms with Crippen LogP contribution in [-0.4, -0.2) is 52.8 Å². The van der Waals surface area contributed by atoms with Crippen LogP contribution in [0.5, 0.6) is 0 Å². The van der Waals surface area contributed by atoms with Crippen LogP contribution in [0.2, 0.25) is 0 Å². The van der Waals surface area contributed by atoms with Crippen molar-refractivity contribution in [1.82, 2.24) is 4.90 Å².